The number of hydrogen-bond acceptors (Lipinski definition) is 5. The molecule has 1 aromatic carbocycles. The Balaban J connectivity index is 2.05. The zero-order valence-electron chi connectivity index (χ0n) is 11.5. The van der Waals surface area contributed by atoms with Crippen LogP contribution >= 0.6 is 0 Å². The molecule has 2 aromatic rings. The molecule has 22 heavy (non-hydrogen) atoms. The topological polar surface area (TPSA) is 117 Å². The minimum atomic E-state index is -0.757. The van der Waals surface area contributed by atoms with Gasteiger partial charge in [-0.3, -0.25) is 25.4 Å². The molecule has 0 spiro atoms. The van der Waals surface area contributed by atoms with Crippen LogP contribution in [0.3, 0.4) is 0 Å². The molecule has 7 heteroatoms. The molecule has 0 aliphatic heterocycles. The molecule has 1 aromatic heterocycles. The number of aromatic hydroxyl groups is 1. The predicted molar refractivity (Wildman–Crippen MR) is 80.5 cm³/mol. The number of nitrogens with zero attached hydrogens (tertiary/aromatic N) is 1. The number of nitrogens with one attached hydrogen (secondary N) is 2. The number of hydrogen-bond donors (Lipinski definition) is 4. The van der Waals surface area contributed by atoms with Crippen molar-refractivity contribution < 1.29 is 14.7 Å². The SMILES string of the molecule is C=C(NNC(=O)c1ccncc1)c1ccc(O)c(C(N)=O)c1. The van der Waals surface area contributed by atoms with Gasteiger partial charge in [0.25, 0.3) is 11.8 Å². The largest absolute Gasteiger partial charge is 0.507 e. The number of pyridine rings is 1. The fourth-order valence-electron chi connectivity index (χ4n) is 1.70. The summed E-state index contributed by atoms with van der Waals surface area (Å²) in [7, 11) is 0. The van der Waals surface area contributed by atoms with Gasteiger partial charge in [-0.05, 0) is 35.9 Å². The smallest absolute Gasteiger partial charge is 0.269 e. The van der Waals surface area contributed by atoms with Gasteiger partial charge in [0.05, 0.1) is 11.3 Å². The van der Waals surface area contributed by atoms with Crippen molar-refractivity contribution in [2.75, 3.05) is 0 Å². The van der Waals surface area contributed by atoms with Gasteiger partial charge < -0.3 is 10.8 Å². The third kappa shape index (κ3) is 3.40. The van der Waals surface area contributed by atoms with E-state index < -0.39 is 5.91 Å². The van der Waals surface area contributed by atoms with E-state index in [9.17, 15) is 14.7 Å². The summed E-state index contributed by atoms with van der Waals surface area (Å²) in [4.78, 5) is 26.9. The van der Waals surface area contributed by atoms with Crippen molar-refractivity contribution in [2.24, 2.45) is 5.73 Å². The number of carbonyl (C=O) groups is 2. The first kappa shape index (κ1) is 15.0. The minimum absolute atomic E-state index is 0.0269. The lowest BCUT2D eigenvalue weighted by Crippen LogP contribution is -2.35. The minimum Gasteiger partial charge on any atom is -0.507 e. The van der Waals surface area contributed by atoms with Crippen LogP contribution in [0.25, 0.3) is 5.70 Å². The summed E-state index contributed by atoms with van der Waals surface area (Å²) >= 11 is 0. The van der Waals surface area contributed by atoms with E-state index in [0.717, 1.165) is 0 Å². The van der Waals surface area contributed by atoms with E-state index in [1.807, 2.05) is 0 Å². The van der Waals surface area contributed by atoms with Gasteiger partial charge in [0.1, 0.15) is 5.75 Å². The first-order valence-electron chi connectivity index (χ1n) is 6.27. The number of phenols is 1. The standard InChI is InChI=1S/C15H14N4O3/c1-9(11-2-3-13(20)12(8-11)14(16)21)18-19-15(22)10-4-6-17-7-5-10/h2-8,18,20H,1H2,(H2,16,21)(H,19,22). The Morgan fingerprint density at radius 2 is 1.77 bits per heavy atom. The number of hydrazine groups is 1. The highest BCUT2D eigenvalue weighted by Crippen LogP contribution is 2.20. The highest BCUT2D eigenvalue weighted by molar-refractivity contribution is 5.96. The summed E-state index contributed by atoms with van der Waals surface area (Å²) in [5, 5.41) is 9.53. The van der Waals surface area contributed by atoms with E-state index >= 15 is 0 Å². The molecule has 112 valence electrons. The van der Waals surface area contributed by atoms with Crippen LogP contribution in [0.5, 0.6) is 5.75 Å². The summed E-state index contributed by atoms with van der Waals surface area (Å²) in [6, 6.07) is 7.37. The van der Waals surface area contributed by atoms with Crippen molar-refractivity contribution >= 4 is 17.5 Å². The maximum absolute atomic E-state index is 11.9. The number of rotatable bonds is 5. The van der Waals surface area contributed by atoms with E-state index in [0.29, 0.717) is 16.8 Å². The fourth-order valence-corrected chi connectivity index (χ4v) is 1.70. The van der Waals surface area contributed by atoms with Crippen LogP contribution in [-0.2, 0) is 0 Å². The van der Waals surface area contributed by atoms with Crippen LogP contribution in [0.2, 0.25) is 0 Å². The number of carbonyl (C=O) groups excluding carboxylic acids is 2. The Kier molecular flexibility index (Phi) is 4.38. The zero-order valence-corrected chi connectivity index (χ0v) is 11.5. The van der Waals surface area contributed by atoms with Gasteiger partial charge in [-0.1, -0.05) is 6.58 Å². The Morgan fingerprint density at radius 3 is 2.41 bits per heavy atom. The van der Waals surface area contributed by atoms with Gasteiger partial charge >= 0.3 is 0 Å². The Hall–Kier alpha value is -3.35. The molecule has 2 rings (SSSR count). The molecular weight excluding hydrogens is 284 g/mol. The molecule has 0 saturated heterocycles. The van der Waals surface area contributed by atoms with Gasteiger partial charge in [0.15, 0.2) is 0 Å². The van der Waals surface area contributed by atoms with Crippen molar-refractivity contribution in [3.05, 3.63) is 66.0 Å². The molecule has 0 aliphatic carbocycles. The molecule has 7 nitrogen and oxygen atoms in total. The Labute approximate surface area is 126 Å². The third-order valence-electron chi connectivity index (χ3n) is 2.88. The fraction of sp³-hybridized carbons (Fsp3) is 0. The average molecular weight is 298 g/mol. The number of benzene rings is 1. The first-order chi connectivity index (χ1) is 10.5. The van der Waals surface area contributed by atoms with E-state index in [-0.39, 0.29) is 17.2 Å². The Morgan fingerprint density at radius 1 is 1.09 bits per heavy atom. The molecule has 0 atom stereocenters. The average Bonchev–Trinajstić information content (AvgIpc) is 2.53. The highest BCUT2D eigenvalue weighted by Gasteiger charge is 2.10. The molecule has 0 saturated carbocycles. The zero-order chi connectivity index (χ0) is 16.1. The van der Waals surface area contributed by atoms with E-state index in [1.54, 1.807) is 12.1 Å². The number of amides is 2. The summed E-state index contributed by atoms with van der Waals surface area (Å²) in [5.74, 6) is -1.34. The summed E-state index contributed by atoms with van der Waals surface area (Å²) in [6.07, 6.45) is 3.01. The summed E-state index contributed by atoms with van der Waals surface area (Å²) < 4.78 is 0. The van der Waals surface area contributed by atoms with Crippen LogP contribution in [0.15, 0.2) is 49.3 Å². The van der Waals surface area contributed by atoms with E-state index in [2.05, 4.69) is 22.4 Å². The van der Waals surface area contributed by atoms with Gasteiger partial charge in [0.2, 0.25) is 0 Å². The van der Waals surface area contributed by atoms with Crippen molar-refractivity contribution in [2.45, 2.75) is 0 Å². The quantitative estimate of drug-likeness (QED) is 0.609. The van der Waals surface area contributed by atoms with Gasteiger partial charge in [0, 0.05) is 18.0 Å². The second kappa shape index (κ2) is 6.40. The molecular formula is C15H14N4O3. The highest BCUT2D eigenvalue weighted by atomic mass is 16.3. The molecule has 0 bridgehead atoms. The normalized spacial score (nSPS) is 9.82. The van der Waals surface area contributed by atoms with Crippen LogP contribution in [0, 0.1) is 0 Å². The lowest BCUT2D eigenvalue weighted by atomic mass is 10.1. The second-order valence-electron chi connectivity index (χ2n) is 4.39. The van der Waals surface area contributed by atoms with Crippen LogP contribution < -0.4 is 16.6 Å². The van der Waals surface area contributed by atoms with E-state index in [4.69, 9.17) is 5.73 Å². The van der Waals surface area contributed by atoms with Crippen molar-refractivity contribution in [3.63, 3.8) is 0 Å². The van der Waals surface area contributed by atoms with Crippen LogP contribution in [-0.4, -0.2) is 21.9 Å². The molecule has 0 aliphatic rings. The second-order valence-corrected chi connectivity index (χ2v) is 4.39. The first-order valence-corrected chi connectivity index (χ1v) is 6.27. The van der Waals surface area contributed by atoms with Gasteiger partial charge in [-0.15, -0.1) is 0 Å². The van der Waals surface area contributed by atoms with Crippen LogP contribution in [0.1, 0.15) is 26.3 Å². The van der Waals surface area contributed by atoms with E-state index in [1.165, 1.54) is 30.6 Å². The number of nitrogens with two attached hydrogens (primary N) is 1. The molecule has 0 radical (unpaired) electrons. The molecule has 0 fully saturated rings. The molecule has 2 amide bonds. The van der Waals surface area contributed by atoms with Crippen molar-refractivity contribution in [1.29, 1.82) is 0 Å². The van der Waals surface area contributed by atoms with Crippen LogP contribution in [0.4, 0.5) is 0 Å². The third-order valence-corrected chi connectivity index (χ3v) is 2.88. The Bertz CT molecular complexity index is 729. The van der Waals surface area contributed by atoms with Crippen molar-refractivity contribution in [1.82, 2.24) is 15.8 Å². The van der Waals surface area contributed by atoms with Gasteiger partial charge in [-0.25, -0.2) is 0 Å². The maximum Gasteiger partial charge on any atom is 0.269 e. The summed E-state index contributed by atoms with van der Waals surface area (Å²) in [6.45, 7) is 3.75. The van der Waals surface area contributed by atoms with Gasteiger partial charge in [-0.2, -0.15) is 0 Å². The number of primary amides is 1. The lowest BCUT2D eigenvalue weighted by molar-refractivity contribution is 0.0941. The predicted octanol–water partition coefficient (Wildman–Crippen LogP) is 0.791. The summed E-state index contributed by atoms with van der Waals surface area (Å²) in [5.41, 5.74) is 11.5. The monoisotopic (exact) mass is 298 g/mol. The van der Waals surface area contributed by atoms with Crippen molar-refractivity contribution in [3.8, 4) is 5.75 Å². The molecule has 5 N–H and O–H groups in total. The lowest BCUT2D eigenvalue weighted by Gasteiger charge is -2.12. The molecule has 1 heterocycles. The maximum atomic E-state index is 11.9. The number of aromatic nitrogens is 1. The molecule has 0 unspecified atom stereocenters.